The minimum atomic E-state index is 0.0926. The van der Waals surface area contributed by atoms with E-state index < -0.39 is 0 Å². The van der Waals surface area contributed by atoms with Crippen molar-refractivity contribution in [2.75, 3.05) is 58.3 Å². The van der Waals surface area contributed by atoms with Gasteiger partial charge in [0, 0.05) is 76.9 Å². The van der Waals surface area contributed by atoms with Gasteiger partial charge in [-0.15, -0.1) is 0 Å². The molecule has 2 aliphatic rings. The van der Waals surface area contributed by atoms with Crippen molar-refractivity contribution in [1.29, 1.82) is 0 Å². The van der Waals surface area contributed by atoms with Gasteiger partial charge in [-0.2, -0.15) is 10.1 Å². The molecule has 2 saturated heterocycles. The third kappa shape index (κ3) is 5.78. The fourth-order valence-electron chi connectivity index (χ4n) is 6.15. The molecule has 0 unspecified atom stereocenters. The standard InChI is InChI=1S/C31H40N10O/c1-21-27(22(2)41-30(34-21)35-23(3)36-41)16-25-10-11-40(20-25)29-18-32-28(17-33-29)26-8-6-24(7-9-26)19-38-12-14-39(15-13-38)31(42)37(4)5/h6-9,17-18,25H,10-16,19-20H2,1-5H3/t25-/m0/s1. The van der Waals surface area contributed by atoms with E-state index in [1.165, 1.54) is 11.1 Å². The van der Waals surface area contributed by atoms with Gasteiger partial charge in [0.05, 0.1) is 18.1 Å². The largest absolute Gasteiger partial charge is 0.355 e. The first-order valence-corrected chi connectivity index (χ1v) is 14.8. The number of fused-ring (bicyclic) bond motifs is 1. The smallest absolute Gasteiger partial charge is 0.319 e. The van der Waals surface area contributed by atoms with Crippen molar-refractivity contribution >= 4 is 17.6 Å². The number of hydrogen-bond donors (Lipinski definition) is 0. The zero-order valence-electron chi connectivity index (χ0n) is 25.3. The first-order chi connectivity index (χ1) is 20.2. The molecule has 0 N–H and O–H groups in total. The van der Waals surface area contributed by atoms with E-state index in [9.17, 15) is 4.79 Å². The van der Waals surface area contributed by atoms with Gasteiger partial charge in [0.1, 0.15) is 11.6 Å². The maximum absolute atomic E-state index is 12.2. The Kier molecular flexibility index (Phi) is 7.76. The predicted molar refractivity (Wildman–Crippen MR) is 162 cm³/mol. The van der Waals surface area contributed by atoms with E-state index in [4.69, 9.17) is 15.0 Å². The van der Waals surface area contributed by atoms with Crippen LogP contribution in [-0.2, 0) is 13.0 Å². The molecule has 11 nitrogen and oxygen atoms in total. The van der Waals surface area contributed by atoms with Crippen molar-refractivity contribution < 1.29 is 4.79 Å². The summed E-state index contributed by atoms with van der Waals surface area (Å²) in [5.41, 5.74) is 6.65. The number of carbonyl (C=O) groups is 1. The fraction of sp³-hybridized carbons (Fsp3) is 0.484. The molecule has 2 fully saturated rings. The Hall–Kier alpha value is -4.12. The molecule has 6 rings (SSSR count). The van der Waals surface area contributed by atoms with E-state index in [0.717, 1.165) is 92.9 Å². The number of nitrogens with zero attached hydrogens (tertiary/aromatic N) is 10. The first-order valence-electron chi connectivity index (χ1n) is 14.8. The van der Waals surface area contributed by atoms with Crippen LogP contribution in [0.2, 0.25) is 0 Å². The van der Waals surface area contributed by atoms with Crippen molar-refractivity contribution in [3.05, 3.63) is 65.0 Å². The summed E-state index contributed by atoms with van der Waals surface area (Å²) >= 11 is 0. The lowest BCUT2D eigenvalue weighted by molar-refractivity contribution is 0.120. The highest BCUT2D eigenvalue weighted by atomic mass is 16.2. The summed E-state index contributed by atoms with van der Waals surface area (Å²) in [6.45, 7) is 12.2. The molecule has 0 radical (unpaired) electrons. The van der Waals surface area contributed by atoms with Crippen LogP contribution in [0.4, 0.5) is 10.6 Å². The molecule has 0 aliphatic carbocycles. The average Bonchev–Trinajstić information content (AvgIpc) is 3.62. The highest BCUT2D eigenvalue weighted by Gasteiger charge is 2.26. The number of piperazine rings is 1. The molecule has 2 aliphatic heterocycles. The van der Waals surface area contributed by atoms with Crippen LogP contribution in [0, 0.1) is 26.7 Å². The second-order valence-corrected chi connectivity index (χ2v) is 11.8. The van der Waals surface area contributed by atoms with Crippen molar-refractivity contribution in [1.82, 2.24) is 44.2 Å². The van der Waals surface area contributed by atoms with Crippen LogP contribution in [-0.4, -0.2) is 104 Å². The summed E-state index contributed by atoms with van der Waals surface area (Å²) in [4.78, 5) is 39.2. The van der Waals surface area contributed by atoms with E-state index in [-0.39, 0.29) is 6.03 Å². The van der Waals surface area contributed by atoms with E-state index in [1.807, 2.05) is 28.7 Å². The summed E-state index contributed by atoms with van der Waals surface area (Å²) in [6, 6.07) is 8.69. The number of hydrogen-bond acceptors (Lipinski definition) is 8. The quantitative estimate of drug-likeness (QED) is 0.349. The van der Waals surface area contributed by atoms with Gasteiger partial charge in [-0.3, -0.25) is 9.88 Å². The lowest BCUT2D eigenvalue weighted by Gasteiger charge is -2.36. The molecule has 5 heterocycles. The lowest BCUT2D eigenvalue weighted by Crippen LogP contribution is -2.51. The molecule has 1 aromatic carbocycles. The summed E-state index contributed by atoms with van der Waals surface area (Å²) in [7, 11) is 3.61. The molecule has 220 valence electrons. The van der Waals surface area contributed by atoms with E-state index in [2.05, 4.69) is 58.0 Å². The number of carbonyl (C=O) groups excluding carboxylic acids is 1. The van der Waals surface area contributed by atoms with Crippen molar-refractivity contribution in [2.45, 2.75) is 40.2 Å². The molecule has 3 aromatic heterocycles. The second kappa shape index (κ2) is 11.6. The van der Waals surface area contributed by atoms with Gasteiger partial charge in [-0.25, -0.2) is 19.3 Å². The van der Waals surface area contributed by atoms with E-state index in [1.54, 1.807) is 19.0 Å². The molecule has 42 heavy (non-hydrogen) atoms. The maximum Gasteiger partial charge on any atom is 0.319 e. The van der Waals surface area contributed by atoms with Crippen molar-refractivity contribution in [3.8, 4) is 11.3 Å². The molecule has 1 atom stereocenters. The van der Waals surface area contributed by atoms with Crippen LogP contribution in [0.15, 0.2) is 36.7 Å². The van der Waals surface area contributed by atoms with Gasteiger partial charge in [0.25, 0.3) is 5.78 Å². The van der Waals surface area contributed by atoms with Crippen LogP contribution in [0.3, 0.4) is 0 Å². The number of rotatable bonds is 6. The van der Waals surface area contributed by atoms with E-state index in [0.29, 0.717) is 11.7 Å². The molecule has 2 amide bonds. The minimum Gasteiger partial charge on any atom is -0.355 e. The van der Waals surface area contributed by atoms with Gasteiger partial charge >= 0.3 is 6.03 Å². The normalized spacial score (nSPS) is 17.8. The third-order valence-corrected chi connectivity index (χ3v) is 8.58. The Balaban J connectivity index is 1.03. The van der Waals surface area contributed by atoms with Crippen molar-refractivity contribution in [3.63, 3.8) is 0 Å². The average molecular weight is 569 g/mol. The minimum absolute atomic E-state index is 0.0926. The van der Waals surface area contributed by atoms with Crippen LogP contribution >= 0.6 is 0 Å². The lowest BCUT2D eigenvalue weighted by atomic mass is 9.96. The molecular formula is C31H40N10O. The Labute approximate surface area is 247 Å². The van der Waals surface area contributed by atoms with Crippen LogP contribution < -0.4 is 4.90 Å². The molecular weight excluding hydrogens is 528 g/mol. The molecule has 0 saturated carbocycles. The SMILES string of the molecule is Cc1nc2nc(C)c(C[C@@H]3CCN(c4cnc(-c5ccc(CN6CCN(C(=O)N(C)C)CC6)cc5)cn4)C3)c(C)n2n1. The van der Waals surface area contributed by atoms with Gasteiger partial charge in [0.15, 0.2) is 0 Å². The number of urea groups is 1. The highest BCUT2D eigenvalue weighted by molar-refractivity contribution is 5.73. The molecule has 4 aromatic rings. The Morgan fingerprint density at radius 1 is 0.952 bits per heavy atom. The summed E-state index contributed by atoms with van der Waals surface area (Å²) < 4.78 is 1.87. The highest BCUT2D eigenvalue weighted by Crippen LogP contribution is 2.28. The Morgan fingerprint density at radius 3 is 2.40 bits per heavy atom. The number of anilines is 1. The Bertz CT molecular complexity index is 1560. The van der Waals surface area contributed by atoms with Crippen molar-refractivity contribution in [2.24, 2.45) is 5.92 Å². The van der Waals surface area contributed by atoms with E-state index >= 15 is 0 Å². The van der Waals surface area contributed by atoms with Gasteiger partial charge in [-0.1, -0.05) is 24.3 Å². The van der Waals surface area contributed by atoms with Gasteiger partial charge < -0.3 is 14.7 Å². The van der Waals surface area contributed by atoms with Gasteiger partial charge in [-0.05, 0) is 50.7 Å². The zero-order chi connectivity index (χ0) is 29.4. The maximum atomic E-state index is 12.2. The summed E-state index contributed by atoms with van der Waals surface area (Å²) in [6.07, 6.45) is 5.87. The number of aryl methyl sites for hydroxylation is 3. The number of amides is 2. The topological polar surface area (TPSA) is 98.9 Å². The second-order valence-electron chi connectivity index (χ2n) is 11.8. The van der Waals surface area contributed by atoms with Crippen LogP contribution in [0.1, 0.15) is 34.8 Å². The van der Waals surface area contributed by atoms with Gasteiger partial charge in [0.2, 0.25) is 0 Å². The van der Waals surface area contributed by atoms with Crippen LogP contribution in [0.5, 0.6) is 0 Å². The first kappa shape index (κ1) is 28.0. The fourth-order valence-corrected chi connectivity index (χ4v) is 6.15. The number of aromatic nitrogens is 6. The third-order valence-electron chi connectivity index (χ3n) is 8.58. The zero-order valence-corrected chi connectivity index (χ0v) is 25.3. The summed E-state index contributed by atoms with van der Waals surface area (Å²) in [5.74, 6) is 2.88. The monoisotopic (exact) mass is 568 g/mol. The summed E-state index contributed by atoms with van der Waals surface area (Å²) in [5, 5.41) is 4.53. The number of benzene rings is 1. The predicted octanol–water partition coefficient (Wildman–Crippen LogP) is 3.37. The Morgan fingerprint density at radius 2 is 1.71 bits per heavy atom. The van der Waals surface area contributed by atoms with Crippen LogP contribution in [0.25, 0.3) is 17.0 Å². The molecule has 0 bridgehead atoms. The molecule has 11 heteroatoms. The molecule has 0 spiro atoms.